The highest BCUT2D eigenvalue weighted by atomic mass is 16.5. The van der Waals surface area contributed by atoms with Crippen LogP contribution in [0.4, 0.5) is 0 Å². The largest absolute Gasteiger partial charge is 0.481 e. The third-order valence-corrected chi connectivity index (χ3v) is 3.31. The molecule has 0 unspecified atom stereocenters. The van der Waals surface area contributed by atoms with Gasteiger partial charge in [0.15, 0.2) is 5.65 Å². The lowest BCUT2D eigenvalue weighted by Crippen LogP contribution is -1.93. The zero-order chi connectivity index (χ0) is 13.9. The van der Waals surface area contributed by atoms with E-state index in [2.05, 4.69) is 46.1 Å². The van der Waals surface area contributed by atoms with E-state index in [0.717, 1.165) is 24.2 Å². The number of aryl methyl sites for hydroxylation is 3. The molecule has 4 nitrogen and oxygen atoms in total. The molecule has 1 N–H and O–H groups in total. The normalized spacial score (nSPS) is 10.9. The lowest BCUT2D eigenvalue weighted by Gasteiger charge is -2.00. The number of fused-ring (bicyclic) bond motifs is 1. The van der Waals surface area contributed by atoms with E-state index in [1.54, 1.807) is 7.11 Å². The molecular formula is C16H17N3O. The maximum atomic E-state index is 5.11. The molecule has 2 aromatic heterocycles. The molecule has 0 bridgehead atoms. The summed E-state index contributed by atoms with van der Waals surface area (Å²) in [5.74, 6) is 1.55. The Labute approximate surface area is 117 Å². The van der Waals surface area contributed by atoms with E-state index in [4.69, 9.17) is 4.74 Å². The number of methoxy groups -OCH3 is 1. The lowest BCUT2D eigenvalue weighted by atomic mass is 10.1. The number of nitrogens with one attached hydrogen (secondary N) is 1. The Morgan fingerprint density at radius 1 is 1.10 bits per heavy atom. The molecule has 1 aromatic carbocycles. The Morgan fingerprint density at radius 2 is 2.00 bits per heavy atom. The summed E-state index contributed by atoms with van der Waals surface area (Å²) in [7, 11) is 1.61. The number of aromatic nitrogens is 3. The number of H-pyrrole nitrogens is 1. The van der Waals surface area contributed by atoms with Crippen molar-refractivity contribution in [3.63, 3.8) is 0 Å². The Balaban J connectivity index is 1.77. The van der Waals surface area contributed by atoms with Crippen LogP contribution in [-0.4, -0.2) is 22.1 Å². The summed E-state index contributed by atoms with van der Waals surface area (Å²) >= 11 is 0. The number of imidazole rings is 1. The Bertz CT molecular complexity index is 733. The van der Waals surface area contributed by atoms with Crippen LogP contribution >= 0.6 is 0 Å². The van der Waals surface area contributed by atoms with Crippen molar-refractivity contribution in [3.05, 3.63) is 53.3 Å². The average Bonchev–Trinajstić information content (AvgIpc) is 2.87. The zero-order valence-corrected chi connectivity index (χ0v) is 11.7. The van der Waals surface area contributed by atoms with E-state index in [1.165, 1.54) is 11.1 Å². The molecule has 0 amide bonds. The van der Waals surface area contributed by atoms with E-state index in [1.807, 2.05) is 12.1 Å². The van der Waals surface area contributed by atoms with Gasteiger partial charge in [0.05, 0.1) is 12.6 Å². The van der Waals surface area contributed by atoms with Gasteiger partial charge in [0.2, 0.25) is 5.88 Å². The van der Waals surface area contributed by atoms with Crippen LogP contribution in [-0.2, 0) is 12.8 Å². The van der Waals surface area contributed by atoms with Crippen LogP contribution in [0.3, 0.4) is 0 Å². The van der Waals surface area contributed by atoms with E-state index in [0.29, 0.717) is 11.5 Å². The minimum Gasteiger partial charge on any atom is -0.481 e. The molecule has 3 rings (SSSR count). The zero-order valence-electron chi connectivity index (χ0n) is 11.7. The second-order valence-electron chi connectivity index (χ2n) is 4.90. The van der Waals surface area contributed by atoms with E-state index in [9.17, 15) is 0 Å². The molecule has 0 atom stereocenters. The van der Waals surface area contributed by atoms with Gasteiger partial charge >= 0.3 is 0 Å². The third kappa shape index (κ3) is 2.64. The second-order valence-corrected chi connectivity index (χ2v) is 4.90. The fourth-order valence-corrected chi connectivity index (χ4v) is 2.29. The molecule has 0 spiro atoms. The summed E-state index contributed by atoms with van der Waals surface area (Å²) in [5, 5.41) is 0. The van der Waals surface area contributed by atoms with Crippen LogP contribution in [0.5, 0.6) is 5.88 Å². The molecule has 0 aliphatic heterocycles. The first-order chi connectivity index (χ1) is 9.74. The first kappa shape index (κ1) is 12.7. The van der Waals surface area contributed by atoms with E-state index in [-0.39, 0.29) is 0 Å². The van der Waals surface area contributed by atoms with Crippen LogP contribution < -0.4 is 4.74 Å². The predicted octanol–water partition coefficient (Wildman–Crippen LogP) is 3.06. The molecule has 0 saturated carbocycles. The smallest absolute Gasteiger partial charge is 0.215 e. The summed E-state index contributed by atoms with van der Waals surface area (Å²) in [6.07, 6.45) is 1.85. The van der Waals surface area contributed by atoms with Gasteiger partial charge in [0.25, 0.3) is 0 Å². The molecular weight excluding hydrogens is 250 g/mol. The van der Waals surface area contributed by atoms with Gasteiger partial charge < -0.3 is 9.72 Å². The summed E-state index contributed by atoms with van der Waals surface area (Å²) in [6, 6.07) is 12.4. The van der Waals surface area contributed by atoms with Crippen molar-refractivity contribution in [3.8, 4) is 5.88 Å². The minimum atomic E-state index is 0.592. The minimum absolute atomic E-state index is 0.592. The van der Waals surface area contributed by atoms with Gasteiger partial charge in [-0.25, -0.2) is 4.98 Å². The molecule has 102 valence electrons. The fourth-order valence-electron chi connectivity index (χ4n) is 2.29. The number of nitrogens with zero attached hydrogens (tertiary/aromatic N) is 2. The molecule has 0 aliphatic rings. The topological polar surface area (TPSA) is 50.8 Å². The second kappa shape index (κ2) is 5.33. The van der Waals surface area contributed by atoms with E-state index < -0.39 is 0 Å². The number of rotatable bonds is 4. The van der Waals surface area contributed by atoms with Gasteiger partial charge in [-0.3, -0.25) is 0 Å². The Morgan fingerprint density at radius 3 is 2.80 bits per heavy atom. The van der Waals surface area contributed by atoms with Gasteiger partial charge in [0.1, 0.15) is 5.82 Å². The Kier molecular flexibility index (Phi) is 3.37. The highest BCUT2D eigenvalue weighted by molar-refractivity contribution is 5.71. The monoisotopic (exact) mass is 267 g/mol. The van der Waals surface area contributed by atoms with Crippen LogP contribution in [0.2, 0.25) is 0 Å². The molecule has 0 radical (unpaired) electrons. The van der Waals surface area contributed by atoms with E-state index >= 15 is 0 Å². The SMILES string of the molecule is COc1ccc2[nH]c(CCc3cccc(C)c3)nc2n1. The molecule has 0 aliphatic carbocycles. The average molecular weight is 267 g/mol. The molecule has 0 saturated heterocycles. The first-order valence-corrected chi connectivity index (χ1v) is 6.70. The van der Waals surface area contributed by atoms with Crippen molar-refractivity contribution < 1.29 is 4.74 Å². The van der Waals surface area contributed by atoms with Crippen molar-refractivity contribution in [2.24, 2.45) is 0 Å². The molecule has 4 heteroatoms. The van der Waals surface area contributed by atoms with Crippen LogP contribution in [0.25, 0.3) is 11.2 Å². The molecule has 20 heavy (non-hydrogen) atoms. The summed E-state index contributed by atoms with van der Waals surface area (Å²) < 4.78 is 5.11. The number of ether oxygens (including phenoxy) is 1. The van der Waals surface area contributed by atoms with Gasteiger partial charge in [-0.05, 0) is 25.0 Å². The van der Waals surface area contributed by atoms with Crippen LogP contribution in [0, 0.1) is 6.92 Å². The third-order valence-electron chi connectivity index (χ3n) is 3.31. The van der Waals surface area contributed by atoms with Gasteiger partial charge in [0, 0.05) is 12.5 Å². The van der Waals surface area contributed by atoms with Gasteiger partial charge in [-0.1, -0.05) is 29.8 Å². The quantitative estimate of drug-likeness (QED) is 0.790. The maximum Gasteiger partial charge on any atom is 0.215 e. The predicted molar refractivity (Wildman–Crippen MR) is 79.0 cm³/mol. The van der Waals surface area contributed by atoms with Gasteiger partial charge in [-0.15, -0.1) is 0 Å². The first-order valence-electron chi connectivity index (χ1n) is 6.70. The van der Waals surface area contributed by atoms with Crippen LogP contribution in [0.1, 0.15) is 17.0 Å². The highest BCUT2D eigenvalue weighted by Gasteiger charge is 2.05. The summed E-state index contributed by atoms with van der Waals surface area (Å²) in [4.78, 5) is 12.1. The number of hydrogen-bond acceptors (Lipinski definition) is 3. The van der Waals surface area contributed by atoms with Crippen molar-refractivity contribution in [2.75, 3.05) is 7.11 Å². The highest BCUT2D eigenvalue weighted by Crippen LogP contribution is 2.15. The molecule has 3 aromatic rings. The summed E-state index contributed by atoms with van der Waals surface area (Å²) in [6.45, 7) is 2.11. The number of aromatic amines is 1. The fraction of sp³-hybridized carbons (Fsp3) is 0.250. The number of hydrogen-bond donors (Lipinski definition) is 1. The lowest BCUT2D eigenvalue weighted by molar-refractivity contribution is 0.399. The summed E-state index contributed by atoms with van der Waals surface area (Å²) in [5.41, 5.74) is 4.28. The van der Waals surface area contributed by atoms with Crippen LogP contribution in [0.15, 0.2) is 36.4 Å². The van der Waals surface area contributed by atoms with Gasteiger partial charge in [-0.2, -0.15) is 4.98 Å². The van der Waals surface area contributed by atoms with Crippen molar-refractivity contribution in [2.45, 2.75) is 19.8 Å². The molecule has 0 fully saturated rings. The van der Waals surface area contributed by atoms with Crippen molar-refractivity contribution in [1.82, 2.24) is 15.0 Å². The van der Waals surface area contributed by atoms with Crippen molar-refractivity contribution >= 4 is 11.2 Å². The maximum absolute atomic E-state index is 5.11. The standard InChI is InChI=1S/C16H17N3O/c1-11-4-3-5-12(10-11)6-8-14-17-13-7-9-15(20-2)19-16(13)18-14/h3-5,7,9-10H,6,8H2,1-2H3,(H,17,18,19). The molecule has 2 heterocycles. The number of pyridine rings is 1. The van der Waals surface area contributed by atoms with Crippen molar-refractivity contribution in [1.29, 1.82) is 0 Å². The number of benzene rings is 1. The Hall–Kier alpha value is -2.36.